The second kappa shape index (κ2) is 13.7. The monoisotopic (exact) mass is 650 g/mol. The van der Waals surface area contributed by atoms with Crippen LogP contribution in [0, 0.1) is 0 Å². The molecule has 0 bridgehead atoms. The van der Waals surface area contributed by atoms with Gasteiger partial charge in [0, 0.05) is 56.4 Å². The van der Waals surface area contributed by atoms with Crippen LogP contribution in [0.25, 0.3) is 44.3 Å². The number of H-pyrrole nitrogens is 2. The van der Waals surface area contributed by atoms with Crippen molar-refractivity contribution < 1.29 is 14.3 Å². The van der Waals surface area contributed by atoms with E-state index in [1.54, 1.807) is 0 Å². The summed E-state index contributed by atoms with van der Waals surface area (Å²) in [6, 6.07) is 32.6. The Bertz CT molecular complexity index is 1940. The minimum Gasteiger partial charge on any atom is -0.457 e. The summed E-state index contributed by atoms with van der Waals surface area (Å²) >= 11 is 0. The first-order chi connectivity index (χ1) is 24.0. The van der Waals surface area contributed by atoms with Crippen LogP contribution in [-0.2, 0) is 0 Å². The van der Waals surface area contributed by atoms with Gasteiger partial charge in [-0.1, -0.05) is 50.7 Å². The molecule has 2 heterocycles. The summed E-state index contributed by atoms with van der Waals surface area (Å²) in [7, 11) is 0. The van der Waals surface area contributed by atoms with Crippen molar-refractivity contribution in [1.29, 1.82) is 0 Å². The van der Waals surface area contributed by atoms with Gasteiger partial charge in [-0.2, -0.15) is 0 Å². The van der Waals surface area contributed by atoms with E-state index < -0.39 is 0 Å². The summed E-state index contributed by atoms with van der Waals surface area (Å²) < 4.78 is 6.18. The maximum atomic E-state index is 12.9. The predicted molar refractivity (Wildman–Crippen MR) is 196 cm³/mol. The second-order valence-corrected chi connectivity index (χ2v) is 13.7. The van der Waals surface area contributed by atoms with E-state index in [-0.39, 0.29) is 23.9 Å². The Hall–Kier alpha value is -5.30. The van der Waals surface area contributed by atoms with Crippen molar-refractivity contribution in [3.8, 4) is 34.0 Å². The molecule has 2 fully saturated rings. The van der Waals surface area contributed by atoms with Crippen molar-refractivity contribution in [2.24, 2.45) is 0 Å². The number of ether oxygens (including phenoxy) is 1. The van der Waals surface area contributed by atoms with Gasteiger partial charge in [-0.3, -0.25) is 9.59 Å². The molecule has 4 N–H and O–H groups in total. The van der Waals surface area contributed by atoms with Crippen LogP contribution in [0.15, 0.2) is 97.1 Å². The quantitative estimate of drug-likeness (QED) is 0.132. The summed E-state index contributed by atoms with van der Waals surface area (Å²) in [5.41, 5.74) is 7.34. The molecule has 0 atom stereocenters. The highest BCUT2D eigenvalue weighted by Gasteiger charge is 2.19. The number of carbonyl (C=O) groups is 2. The number of carbonyl (C=O) groups excluding carboxylic acids is 2. The van der Waals surface area contributed by atoms with Crippen molar-refractivity contribution in [2.75, 3.05) is 0 Å². The van der Waals surface area contributed by atoms with E-state index in [1.165, 1.54) is 38.5 Å². The lowest BCUT2D eigenvalue weighted by molar-refractivity contribution is 0.0919. The Kier molecular flexibility index (Phi) is 8.65. The highest BCUT2D eigenvalue weighted by atomic mass is 16.5. The lowest BCUT2D eigenvalue weighted by Gasteiger charge is -2.22. The van der Waals surface area contributed by atoms with E-state index in [0.717, 1.165) is 81.5 Å². The number of hydrogen-bond acceptors (Lipinski definition) is 3. The third-order valence-corrected chi connectivity index (χ3v) is 10.2. The summed E-state index contributed by atoms with van der Waals surface area (Å²) in [6.07, 6.45) is 11.6. The molecule has 2 saturated carbocycles. The van der Waals surface area contributed by atoms with Gasteiger partial charge in [0.1, 0.15) is 11.5 Å². The maximum Gasteiger partial charge on any atom is 0.251 e. The van der Waals surface area contributed by atoms with E-state index in [2.05, 4.69) is 32.7 Å². The molecule has 0 saturated heterocycles. The van der Waals surface area contributed by atoms with Gasteiger partial charge in [-0.05, 0) is 122 Å². The minimum atomic E-state index is 0.00472. The smallest absolute Gasteiger partial charge is 0.251 e. The SMILES string of the molecule is O=C(NC1CCCCC1)c1ccc2cc(-c3ccc(Oc4ccc(-c5cc6ccc(C(=O)NC7CCCCC7)cc6[nH]5)cc4)cc3)[nH]c2c1. The fourth-order valence-electron chi connectivity index (χ4n) is 7.42. The number of aromatic nitrogens is 2. The standard InChI is InChI=1S/C42H42N4O3/c47-41(43-33-7-3-1-4-8-33)31-13-11-29-23-37(45-39(29)25-31)27-15-19-35(20-16-27)49-36-21-17-28(18-22-36)38-24-30-12-14-32(26-40(30)46-38)42(48)44-34-9-5-2-6-10-34/h11-26,33-34,45-46H,1-10H2,(H,43,47)(H,44,48). The minimum absolute atomic E-state index is 0.00472. The molecule has 0 unspecified atom stereocenters. The number of amides is 2. The van der Waals surface area contributed by atoms with Crippen molar-refractivity contribution in [3.05, 3.63) is 108 Å². The molecule has 6 aromatic rings. The Morgan fingerprint density at radius 3 is 1.33 bits per heavy atom. The molecule has 2 aromatic heterocycles. The zero-order valence-corrected chi connectivity index (χ0v) is 27.7. The van der Waals surface area contributed by atoms with E-state index >= 15 is 0 Å². The van der Waals surface area contributed by atoms with Crippen molar-refractivity contribution in [1.82, 2.24) is 20.6 Å². The zero-order valence-electron chi connectivity index (χ0n) is 27.7. The number of rotatable bonds is 8. The van der Waals surface area contributed by atoms with Crippen LogP contribution < -0.4 is 15.4 Å². The Labute approximate surface area is 286 Å². The molecular formula is C42H42N4O3. The fourth-order valence-corrected chi connectivity index (χ4v) is 7.42. The third-order valence-electron chi connectivity index (χ3n) is 10.2. The molecule has 4 aromatic carbocycles. The number of nitrogens with one attached hydrogen (secondary N) is 4. The molecule has 0 radical (unpaired) electrons. The number of benzene rings is 4. The first-order valence-electron chi connectivity index (χ1n) is 17.8. The van der Waals surface area contributed by atoms with Gasteiger partial charge in [0.05, 0.1) is 0 Å². The molecule has 248 valence electrons. The largest absolute Gasteiger partial charge is 0.457 e. The molecule has 2 amide bonds. The average Bonchev–Trinajstić information content (AvgIpc) is 3.77. The lowest BCUT2D eigenvalue weighted by Crippen LogP contribution is -2.36. The molecule has 7 nitrogen and oxygen atoms in total. The van der Waals surface area contributed by atoms with E-state index in [4.69, 9.17) is 4.74 Å². The third kappa shape index (κ3) is 6.98. The Balaban J connectivity index is 0.904. The van der Waals surface area contributed by atoms with Gasteiger partial charge in [-0.15, -0.1) is 0 Å². The fraction of sp³-hybridized carbons (Fsp3) is 0.286. The highest BCUT2D eigenvalue weighted by Crippen LogP contribution is 2.31. The number of aromatic amines is 2. The maximum absolute atomic E-state index is 12.9. The van der Waals surface area contributed by atoms with Crippen LogP contribution in [0.2, 0.25) is 0 Å². The average molecular weight is 651 g/mol. The van der Waals surface area contributed by atoms with Gasteiger partial charge in [-0.25, -0.2) is 0 Å². The van der Waals surface area contributed by atoms with Crippen LogP contribution in [0.4, 0.5) is 0 Å². The lowest BCUT2D eigenvalue weighted by atomic mass is 9.95. The van der Waals surface area contributed by atoms with Gasteiger partial charge in [0.2, 0.25) is 0 Å². The van der Waals surface area contributed by atoms with Crippen LogP contribution in [0.3, 0.4) is 0 Å². The van der Waals surface area contributed by atoms with E-state index in [1.807, 2.05) is 84.9 Å². The van der Waals surface area contributed by atoms with Gasteiger partial charge in [0.15, 0.2) is 0 Å². The molecule has 49 heavy (non-hydrogen) atoms. The van der Waals surface area contributed by atoms with Crippen molar-refractivity contribution >= 4 is 33.6 Å². The molecule has 0 aliphatic heterocycles. The Morgan fingerprint density at radius 1 is 0.510 bits per heavy atom. The van der Waals surface area contributed by atoms with Crippen molar-refractivity contribution in [2.45, 2.75) is 76.3 Å². The molecule has 8 rings (SSSR count). The van der Waals surface area contributed by atoms with Gasteiger partial charge in [0.25, 0.3) is 11.8 Å². The normalized spacial score (nSPS) is 15.8. The molecular weight excluding hydrogens is 608 g/mol. The highest BCUT2D eigenvalue weighted by molar-refractivity contribution is 6.00. The second-order valence-electron chi connectivity index (χ2n) is 13.7. The first kappa shape index (κ1) is 31.0. The Morgan fingerprint density at radius 2 is 0.918 bits per heavy atom. The van der Waals surface area contributed by atoms with Crippen molar-refractivity contribution in [3.63, 3.8) is 0 Å². The van der Waals surface area contributed by atoms with Crippen LogP contribution in [0.1, 0.15) is 84.9 Å². The summed E-state index contributed by atoms with van der Waals surface area (Å²) in [6.45, 7) is 0. The van der Waals surface area contributed by atoms with Crippen LogP contribution >= 0.6 is 0 Å². The summed E-state index contributed by atoms with van der Waals surface area (Å²) in [5, 5.41) is 8.57. The van der Waals surface area contributed by atoms with Gasteiger partial charge >= 0.3 is 0 Å². The number of hydrogen-bond donors (Lipinski definition) is 4. The van der Waals surface area contributed by atoms with Gasteiger partial charge < -0.3 is 25.3 Å². The zero-order chi connectivity index (χ0) is 33.2. The first-order valence-corrected chi connectivity index (χ1v) is 17.8. The summed E-state index contributed by atoms with van der Waals surface area (Å²) in [5.74, 6) is 1.51. The van der Waals surface area contributed by atoms with E-state index in [0.29, 0.717) is 11.1 Å². The summed E-state index contributed by atoms with van der Waals surface area (Å²) in [4.78, 5) is 32.7. The number of fused-ring (bicyclic) bond motifs is 2. The molecule has 2 aliphatic rings. The van der Waals surface area contributed by atoms with E-state index in [9.17, 15) is 9.59 Å². The predicted octanol–water partition coefficient (Wildman–Crippen LogP) is 9.90. The molecule has 7 heteroatoms. The van der Waals surface area contributed by atoms with Crippen LogP contribution in [-0.4, -0.2) is 33.9 Å². The molecule has 2 aliphatic carbocycles. The van der Waals surface area contributed by atoms with Crippen LogP contribution in [0.5, 0.6) is 11.5 Å². The topological polar surface area (TPSA) is 99.0 Å². The molecule has 0 spiro atoms.